The molecule has 0 spiro atoms. The number of aliphatic hydroxyl groups excluding tert-OH is 1. The Kier molecular flexibility index (Phi) is 8.70. The van der Waals surface area contributed by atoms with E-state index in [1.54, 1.807) is 33.6 Å². The molecule has 2 aliphatic rings. The normalized spacial score (nSPS) is 19.9. The number of nitrogens with zero attached hydrogens (tertiary/aromatic N) is 2. The quantitative estimate of drug-likeness (QED) is 0.501. The summed E-state index contributed by atoms with van der Waals surface area (Å²) < 4.78 is 22.3. The molecule has 1 fully saturated rings. The second-order valence-electron chi connectivity index (χ2n) is 8.18. The van der Waals surface area contributed by atoms with Gasteiger partial charge in [0.15, 0.2) is 11.5 Å². The molecule has 0 bridgehead atoms. The second-order valence-corrected chi connectivity index (χ2v) is 8.18. The van der Waals surface area contributed by atoms with Crippen molar-refractivity contribution in [3.63, 3.8) is 0 Å². The highest BCUT2D eigenvalue weighted by atomic mass is 16.5. The van der Waals surface area contributed by atoms with Crippen molar-refractivity contribution in [3.05, 3.63) is 41.1 Å². The van der Waals surface area contributed by atoms with E-state index in [-0.39, 0.29) is 18.1 Å². The molecular weight excluding hydrogens is 472 g/mol. The van der Waals surface area contributed by atoms with E-state index in [9.17, 15) is 5.11 Å². The van der Waals surface area contributed by atoms with E-state index >= 15 is 0 Å². The fourth-order valence-electron chi connectivity index (χ4n) is 4.46. The smallest absolute Gasteiger partial charge is 0.414 e. The van der Waals surface area contributed by atoms with Crippen LogP contribution < -0.4 is 18.9 Å². The van der Waals surface area contributed by atoms with Crippen LogP contribution in [0.1, 0.15) is 48.8 Å². The molecule has 4 rings (SSSR count). The molecule has 1 aliphatic carbocycles. The van der Waals surface area contributed by atoms with E-state index in [1.165, 1.54) is 0 Å². The van der Waals surface area contributed by atoms with Gasteiger partial charge in [0.2, 0.25) is 5.88 Å². The third-order valence-corrected chi connectivity index (χ3v) is 6.08. The molecule has 3 N–H and O–H groups in total. The molecule has 0 amide bonds. The van der Waals surface area contributed by atoms with Gasteiger partial charge in [0.25, 0.3) is 0 Å². The van der Waals surface area contributed by atoms with E-state index in [0.29, 0.717) is 36.2 Å². The summed E-state index contributed by atoms with van der Waals surface area (Å²) in [5, 5.41) is 25.1. The van der Waals surface area contributed by atoms with Gasteiger partial charge >= 0.3 is 11.9 Å². The Bertz CT molecular complexity index is 1140. The number of rotatable bonds is 6. The summed E-state index contributed by atoms with van der Waals surface area (Å²) in [6.07, 6.45) is 3.69. The first-order valence-corrected chi connectivity index (χ1v) is 11.4. The number of ether oxygens (including phenoxy) is 4. The molecule has 2 aromatic rings. The summed E-state index contributed by atoms with van der Waals surface area (Å²) in [4.78, 5) is 27.7. The topological polar surface area (TPSA) is 157 Å². The first kappa shape index (κ1) is 26.7. The van der Waals surface area contributed by atoms with Gasteiger partial charge in [0.05, 0.1) is 51.4 Å². The van der Waals surface area contributed by atoms with Crippen LogP contribution >= 0.6 is 0 Å². The minimum Gasteiger partial charge on any atom is -0.496 e. The maximum Gasteiger partial charge on any atom is 0.414 e. The third kappa shape index (κ3) is 5.68. The van der Waals surface area contributed by atoms with Crippen molar-refractivity contribution in [1.82, 2.24) is 4.98 Å². The van der Waals surface area contributed by atoms with Crippen LogP contribution in [0.25, 0.3) is 0 Å². The lowest BCUT2D eigenvalue weighted by Gasteiger charge is -2.37. The van der Waals surface area contributed by atoms with Crippen LogP contribution in [-0.4, -0.2) is 78.0 Å². The zero-order valence-corrected chi connectivity index (χ0v) is 20.6. The number of carboxylic acids is 2. The Balaban J connectivity index is 0.000000538. The zero-order chi connectivity index (χ0) is 26.4. The molecule has 2 heterocycles. The maximum absolute atomic E-state index is 10.3. The number of hydrogen-bond acceptors (Lipinski definition) is 9. The number of fused-ring (bicyclic) bond motifs is 3. The standard InChI is InChI=1S/C23H28N2O5.C2H2O4/c1-5-30-21-9-14-15-8-13(26)6-7-18(15)25-23(16(14)10-20(21)28-3)17-12-24-22(29-4)11-19(17)27-2;3-1(4)2(5)6/h9-13,15,18,26H,5-8H2,1-4H3;(H,3,4)(H,5,6)/t13-,15-,18-;/m1./s1. The molecule has 194 valence electrons. The van der Waals surface area contributed by atoms with Gasteiger partial charge in [-0.2, -0.15) is 0 Å². The Labute approximate surface area is 208 Å². The Morgan fingerprint density at radius 3 is 2.22 bits per heavy atom. The number of hydrogen-bond donors (Lipinski definition) is 3. The summed E-state index contributed by atoms with van der Waals surface area (Å²) in [5.41, 5.74) is 3.69. The van der Waals surface area contributed by atoms with Crippen LogP contribution in [0, 0.1) is 0 Å². The van der Waals surface area contributed by atoms with Crippen LogP contribution in [-0.2, 0) is 9.59 Å². The van der Waals surface area contributed by atoms with Gasteiger partial charge < -0.3 is 34.3 Å². The monoisotopic (exact) mass is 502 g/mol. The van der Waals surface area contributed by atoms with Crippen LogP contribution in [0.15, 0.2) is 29.4 Å². The first-order valence-electron chi connectivity index (χ1n) is 11.4. The summed E-state index contributed by atoms with van der Waals surface area (Å²) in [6, 6.07) is 5.87. The lowest BCUT2D eigenvalue weighted by Crippen LogP contribution is -2.34. The van der Waals surface area contributed by atoms with Crippen molar-refractivity contribution >= 4 is 17.7 Å². The van der Waals surface area contributed by atoms with Crippen molar-refractivity contribution < 1.29 is 43.9 Å². The third-order valence-electron chi connectivity index (χ3n) is 6.08. The van der Waals surface area contributed by atoms with E-state index < -0.39 is 11.9 Å². The predicted octanol–water partition coefficient (Wildman–Crippen LogP) is 2.51. The van der Waals surface area contributed by atoms with Gasteiger partial charge in [-0.1, -0.05) is 0 Å². The highest BCUT2D eigenvalue weighted by Crippen LogP contribution is 2.45. The highest BCUT2D eigenvalue weighted by molar-refractivity contribution is 6.27. The maximum atomic E-state index is 10.3. The molecule has 1 saturated carbocycles. The van der Waals surface area contributed by atoms with Gasteiger partial charge in [0, 0.05) is 23.7 Å². The van der Waals surface area contributed by atoms with Gasteiger partial charge in [0.1, 0.15) is 5.75 Å². The summed E-state index contributed by atoms with van der Waals surface area (Å²) in [7, 11) is 4.83. The Morgan fingerprint density at radius 2 is 1.64 bits per heavy atom. The minimum atomic E-state index is -1.82. The van der Waals surface area contributed by atoms with E-state index in [2.05, 4.69) is 4.98 Å². The van der Waals surface area contributed by atoms with Crippen LogP contribution in [0.3, 0.4) is 0 Å². The van der Waals surface area contributed by atoms with Crippen LogP contribution in [0.5, 0.6) is 23.1 Å². The molecule has 11 heteroatoms. The summed E-state index contributed by atoms with van der Waals surface area (Å²) >= 11 is 0. The molecule has 0 unspecified atom stereocenters. The number of aliphatic carboxylic acids is 2. The highest BCUT2D eigenvalue weighted by Gasteiger charge is 2.38. The van der Waals surface area contributed by atoms with Crippen molar-refractivity contribution in [1.29, 1.82) is 0 Å². The number of methoxy groups -OCH3 is 3. The molecule has 3 atom stereocenters. The number of aromatic nitrogens is 1. The molecule has 1 aromatic carbocycles. The van der Waals surface area contributed by atoms with Crippen molar-refractivity contribution in [3.8, 4) is 23.1 Å². The van der Waals surface area contributed by atoms with Crippen molar-refractivity contribution in [2.24, 2.45) is 4.99 Å². The van der Waals surface area contributed by atoms with Gasteiger partial charge in [-0.05, 0) is 43.9 Å². The average molecular weight is 503 g/mol. The van der Waals surface area contributed by atoms with E-state index in [0.717, 1.165) is 35.2 Å². The number of carbonyl (C=O) groups is 2. The molecule has 0 saturated heterocycles. The zero-order valence-electron chi connectivity index (χ0n) is 20.6. The second kappa shape index (κ2) is 11.7. The summed E-state index contributed by atoms with van der Waals surface area (Å²) in [5.74, 6) is -1.03. The lowest BCUT2D eigenvalue weighted by molar-refractivity contribution is -0.159. The van der Waals surface area contributed by atoms with Gasteiger partial charge in [-0.25, -0.2) is 14.6 Å². The molecular formula is C25H30N2O9. The number of aliphatic imine (C=N–C) groups is 1. The van der Waals surface area contributed by atoms with Crippen LogP contribution in [0.4, 0.5) is 0 Å². The number of benzene rings is 1. The van der Waals surface area contributed by atoms with Crippen molar-refractivity contribution in [2.45, 2.75) is 44.2 Å². The average Bonchev–Trinajstić information content (AvgIpc) is 2.88. The minimum absolute atomic E-state index is 0.0885. The SMILES string of the molecule is CCOc1cc2c(cc1OC)C(c1cnc(OC)cc1OC)=N[C@@H]1CC[C@@H](O)C[C@H]21.O=C(O)C(=O)O. The molecule has 0 radical (unpaired) electrons. The first-order chi connectivity index (χ1) is 17.2. The summed E-state index contributed by atoms with van der Waals surface area (Å²) in [6.45, 7) is 2.50. The predicted molar refractivity (Wildman–Crippen MR) is 129 cm³/mol. The Hall–Kier alpha value is -3.86. The van der Waals surface area contributed by atoms with Gasteiger partial charge in [-0.3, -0.25) is 4.99 Å². The number of pyridine rings is 1. The van der Waals surface area contributed by atoms with E-state index in [1.807, 2.05) is 19.1 Å². The number of carboxylic acid groups (broad SMARTS) is 2. The van der Waals surface area contributed by atoms with Gasteiger partial charge in [-0.15, -0.1) is 0 Å². The lowest BCUT2D eigenvalue weighted by atomic mass is 9.74. The molecule has 1 aromatic heterocycles. The molecule has 11 nitrogen and oxygen atoms in total. The largest absolute Gasteiger partial charge is 0.496 e. The fourth-order valence-corrected chi connectivity index (χ4v) is 4.46. The number of aliphatic hydroxyl groups is 1. The Morgan fingerprint density at radius 1 is 0.944 bits per heavy atom. The van der Waals surface area contributed by atoms with E-state index in [4.69, 9.17) is 43.7 Å². The van der Waals surface area contributed by atoms with Crippen LogP contribution in [0.2, 0.25) is 0 Å². The fraction of sp³-hybridized carbons (Fsp3) is 0.440. The van der Waals surface area contributed by atoms with Crippen molar-refractivity contribution in [2.75, 3.05) is 27.9 Å². The molecule has 36 heavy (non-hydrogen) atoms. The molecule has 1 aliphatic heterocycles.